The molecule has 1 N–H and O–H groups in total. The van der Waals surface area contributed by atoms with E-state index in [2.05, 4.69) is 5.32 Å². The minimum atomic E-state index is -0.157. The molecule has 5 nitrogen and oxygen atoms in total. The predicted molar refractivity (Wildman–Crippen MR) is 74.3 cm³/mol. The molecular formula is C14H21N3O2. The van der Waals surface area contributed by atoms with Gasteiger partial charge in [0.2, 0.25) is 0 Å². The van der Waals surface area contributed by atoms with Gasteiger partial charge in [0, 0.05) is 44.5 Å². The van der Waals surface area contributed by atoms with E-state index in [4.69, 9.17) is 0 Å². The van der Waals surface area contributed by atoms with Crippen LogP contribution in [0.5, 0.6) is 0 Å². The summed E-state index contributed by atoms with van der Waals surface area (Å²) >= 11 is 0. The standard InChI is InChI=1S/C14H21N3O2/c1-16-8-6-11(9-13(16)18)14(19)17(2)10-12-5-3-4-7-15-12/h6,8-9,12,15H,3-5,7,10H2,1-2H3. The van der Waals surface area contributed by atoms with Gasteiger partial charge < -0.3 is 14.8 Å². The van der Waals surface area contributed by atoms with Crippen LogP contribution in [0.3, 0.4) is 0 Å². The lowest BCUT2D eigenvalue weighted by Crippen LogP contribution is -2.44. The van der Waals surface area contributed by atoms with E-state index < -0.39 is 0 Å². The maximum atomic E-state index is 12.2. The van der Waals surface area contributed by atoms with Crippen LogP contribution in [-0.2, 0) is 7.05 Å². The zero-order valence-electron chi connectivity index (χ0n) is 11.6. The summed E-state index contributed by atoms with van der Waals surface area (Å²) < 4.78 is 1.46. The van der Waals surface area contributed by atoms with Crippen molar-refractivity contribution < 1.29 is 4.79 Å². The summed E-state index contributed by atoms with van der Waals surface area (Å²) in [5.41, 5.74) is 0.302. The average molecular weight is 263 g/mol. The molecule has 5 heteroatoms. The van der Waals surface area contributed by atoms with Crippen LogP contribution in [0.1, 0.15) is 29.6 Å². The van der Waals surface area contributed by atoms with Gasteiger partial charge in [0.15, 0.2) is 0 Å². The Morgan fingerprint density at radius 3 is 2.95 bits per heavy atom. The molecule has 2 rings (SSSR count). The number of aromatic nitrogens is 1. The van der Waals surface area contributed by atoms with Gasteiger partial charge in [-0.25, -0.2) is 0 Å². The molecule has 0 saturated carbocycles. The SMILES string of the molecule is CN(CC1CCCCN1)C(=O)c1ccn(C)c(=O)c1. The Balaban J connectivity index is 2.01. The van der Waals surface area contributed by atoms with Crippen molar-refractivity contribution in [3.8, 4) is 0 Å². The van der Waals surface area contributed by atoms with E-state index in [1.54, 1.807) is 31.3 Å². The number of hydrogen-bond donors (Lipinski definition) is 1. The molecular weight excluding hydrogens is 242 g/mol. The largest absolute Gasteiger partial charge is 0.340 e. The summed E-state index contributed by atoms with van der Waals surface area (Å²) in [6.07, 6.45) is 5.16. The van der Waals surface area contributed by atoms with Gasteiger partial charge in [0.05, 0.1) is 0 Å². The van der Waals surface area contributed by atoms with Crippen LogP contribution in [0, 0.1) is 0 Å². The Hall–Kier alpha value is -1.62. The number of pyridine rings is 1. The highest BCUT2D eigenvalue weighted by molar-refractivity contribution is 5.93. The number of hydrogen-bond acceptors (Lipinski definition) is 3. The molecule has 1 atom stereocenters. The first-order valence-electron chi connectivity index (χ1n) is 6.73. The van der Waals surface area contributed by atoms with Crippen molar-refractivity contribution in [2.45, 2.75) is 25.3 Å². The van der Waals surface area contributed by atoms with E-state index in [-0.39, 0.29) is 11.5 Å². The molecule has 1 unspecified atom stereocenters. The summed E-state index contributed by atoms with van der Waals surface area (Å²) in [6, 6.07) is 3.45. The van der Waals surface area contributed by atoms with Crippen LogP contribution in [0.2, 0.25) is 0 Å². The number of amides is 1. The van der Waals surface area contributed by atoms with Gasteiger partial charge in [-0.2, -0.15) is 0 Å². The van der Waals surface area contributed by atoms with Crippen LogP contribution in [0.4, 0.5) is 0 Å². The van der Waals surface area contributed by atoms with Gasteiger partial charge in [-0.15, -0.1) is 0 Å². The summed E-state index contributed by atoms with van der Waals surface area (Å²) in [7, 11) is 3.46. The first-order chi connectivity index (χ1) is 9.08. The van der Waals surface area contributed by atoms with Gasteiger partial charge in [-0.05, 0) is 25.5 Å². The Bertz CT molecular complexity index is 504. The molecule has 0 spiro atoms. The van der Waals surface area contributed by atoms with Gasteiger partial charge in [0.25, 0.3) is 11.5 Å². The quantitative estimate of drug-likeness (QED) is 0.869. The smallest absolute Gasteiger partial charge is 0.253 e. The molecule has 1 aliphatic rings. The van der Waals surface area contributed by atoms with Gasteiger partial charge in [-0.3, -0.25) is 9.59 Å². The molecule has 0 aromatic carbocycles. The number of carbonyl (C=O) groups is 1. The van der Waals surface area contributed by atoms with Crippen LogP contribution >= 0.6 is 0 Å². The molecule has 1 saturated heterocycles. The van der Waals surface area contributed by atoms with Crippen molar-refractivity contribution in [1.29, 1.82) is 0 Å². The second-order valence-electron chi connectivity index (χ2n) is 5.20. The Kier molecular flexibility index (Phi) is 4.37. The fraction of sp³-hybridized carbons (Fsp3) is 0.571. The molecule has 0 aliphatic carbocycles. The molecule has 1 amide bonds. The lowest BCUT2D eigenvalue weighted by molar-refractivity contribution is 0.0775. The lowest BCUT2D eigenvalue weighted by atomic mass is 10.0. The Labute approximate surface area is 113 Å². The Morgan fingerprint density at radius 1 is 1.53 bits per heavy atom. The van der Waals surface area contributed by atoms with E-state index in [0.717, 1.165) is 13.0 Å². The number of nitrogens with one attached hydrogen (secondary N) is 1. The Morgan fingerprint density at radius 2 is 2.32 bits per heavy atom. The van der Waals surface area contributed by atoms with Crippen LogP contribution < -0.4 is 10.9 Å². The van der Waals surface area contributed by atoms with Gasteiger partial charge in [-0.1, -0.05) is 6.42 Å². The number of rotatable bonds is 3. The number of nitrogens with zero attached hydrogens (tertiary/aromatic N) is 2. The van der Waals surface area contributed by atoms with E-state index in [9.17, 15) is 9.59 Å². The molecule has 1 aliphatic heterocycles. The number of piperidine rings is 1. The molecule has 1 aromatic rings. The highest BCUT2D eigenvalue weighted by Crippen LogP contribution is 2.09. The van der Waals surface area contributed by atoms with E-state index in [1.807, 2.05) is 0 Å². The molecule has 19 heavy (non-hydrogen) atoms. The fourth-order valence-electron chi connectivity index (χ4n) is 2.40. The zero-order valence-corrected chi connectivity index (χ0v) is 11.6. The zero-order chi connectivity index (χ0) is 13.8. The van der Waals surface area contributed by atoms with Gasteiger partial charge >= 0.3 is 0 Å². The van der Waals surface area contributed by atoms with Crippen molar-refractivity contribution in [1.82, 2.24) is 14.8 Å². The average Bonchev–Trinajstić information content (AvgIpc) is 2.42. The highest BCUT2D eigenvalue weighted by Gasteiger charge is 2.18. The molecule has 1 fully saturated rings. The fourth-order valence-corrected chi connectivity index (χ4v) is 2.40. The summed E-state index contributed by atoms with van der Waals surface area (Å²) in [5, 5.41) is 3.42. The third kappa shape index (κ3) is 3.44. The number of aryl methyl sites for hydroxylation is 1. The van der Waals surface area contributed by atoms with Crippen molar-refractivity contribution in [2.24, 2.45) is 7.05 Å². The van der Waals surface area contributed by atoms with Crippen LogP contribution in [0.15, 0.2) is 23.1 Å². The van der Waals surface area contributed by atoms with Crippen molar-refractivity contribution >= 4 is 5.91 Å². The van der Waals surface area contributed by atoms with E-state index in [1.165, 1.54) is 23.5 Å². The topological polar surface area (TPSA) is 54.3 Å². The second-order valence-corrected chi connectivity index (χ2v) is 5.20. The number of likely N-dealkylation sites (N-methyl/N-ethyl adjacent to an activating group) is 1. The third-order valence-corrected chi connectivity index (χ3v) is 3.60. The predicted octanol–water partition coefficient (Wildman–Crippen LogP) is 0.599. The normalized spacial score (nSPS) is 19.2. The molecule has 1 aromatic heterocycles. The summed E-state index contributed by atoms with van der Waals surface area (Å²) in [5.74, 6) is -0.0925. The van der Waals surface area contributed by atoms with E-state index >= 15 is 0 Å². The summed E-state index contributed by atoms with van der Waals surface area (Å²) in [4.78, 5) is 25.5. The minimum absolute atomic E-state index is 0.0925. The maximum Gasteiger partial charge on any atom is 0.253 e. The highest BCUT2D eigenvalue weighted by atomic mass is 16.2. The minimum Gasteiger partial charge on any atom is -0.340 e. The van der Waals surface area contributed by atoms with Crippen molar-refractivity contribution in [3.05, 3.63) is 34.2 Å². The van der Waals surface area contributed by atoms with E-state index in [0.29, 0.717) is 18.2 Å². The summed E-state index contributed by atoms with van der Waals surface area (Å²) in [6.45, 7) is 1.71. The van der Waals surface area contributed by atoms with Crippen LogP contribution in [0.25, 0.3) is 0 Å². The third-order valence-electron chi connectivity index (χ3n) is 3.60. The molecule has 2 heterocycles. The molecule has 0 bridgehead atoms. The second kappa shape index (κ2) is 6.02. The first kappa shape index (κ1) is 13.8. The lowest BCUT2D eigenvalue weighted by Gasteiger charge is -2.28. The number of carbonyl (C=O) groups excluding carboxylic acids is 1. The molecule has 104 valence electrons. The first-order valence-corrected chi connectivity index (χ1v) is 6.73. The van der Waals surface area contributed by atoms with Crippen molar-refractivity contribution in [3.63, 3.8) is 0 Å². The maximum absolute atomic E-state index is 12.2. The van der Waals surface area contributed by atoms with Crippen molar-refractivity contribution in [2.75, 3.05) is 20.1 Å². The van der Waals surface area contributed by atoms with Gasteiger partial charge in [0.1, 0.15) is 0 Å². The van der Waals surface area contributed by atoms with Crippen LogP contribution in [-0.4, -0.2) is 41.6 Å². The molecule has 0 radical (unpaired) electrons. The monoisotopic (exact) mass is 263 g/mol.